The Morgan fingerprint density at radius 1 is 0.889 bits per heavy atom. The van der Waals surface area contributed by atoms with Gasteiger partial charge in [0.2, 0.25) is 11.8 Å². The molecule has 1 saturated heterocycles. The van der Waals surface area contributed by atoms with E-state index in [1.165, 1.54) is 6.42 Å². The SMILES string of the molecule is CC(NC(=O)c1ccccc1NC(=O)CN1CCC(NC(=O)C2CCCCC2)CC1)c1ccccc1. The van der Waals surface area contributed by atoms with Crippen LogP contribution in [0, 0.1) is 5.92 Å². The topological polar surface area (TPSA) is 90.5 Å². The molecule has 3 amide bonds. The maximum absolute atomic E-state index is 13.0. The summed E-state index contributed by atoms with van der Waals surface area (Å²) in [5, 5.41) is 9.18. The quantitative estimate of drug-likeness (QED) is 0.515. The van der Waals surface area contributed by atoms with E-state index in [0.717, 1.165) is 57.2 Å². The van der Waals surface area contributed by atoms with Crippen molar-refractivity contribution in [2.75, 3.05) is 25.0 Å². The average molecular weight is 491 g/mol. The number of hydrogen-bond donors (Lipinski definition) is 3. The van der Waals surface area contributed by atoms with Gasteiger partial charge in [-0.25, -0.2) is 0 Å². The lowest BCUT2D eigenvalue weighted by Crippen LogP contribution is -2.48. The van der Waals surface area contributed by atoms with Crippen LogP contribution in [0.4, 0.5) is 5.69 Å². The van der Waals surface area contributed by atoms with E-state index in [-0.39, 0.29) is 42.3 Å². The number of carbonyl (C=O) groups is 3. The fraction of sp³-hybridized carbons (Fsp3) is 0.483. The van der Waals surface area contributed by atoms with Gasteiger partial charge in [0.1, 0.15) is 0 Å². The summed E-state index contributed by atoms with van der Waals surface area (Å²) < 4.78 is 0. The first kappa shape index (κ1) is 25.9. The first-order valence-corrected chi connectivity index (χ1v) is 13.3. The van der Waals surface area contributed by atoms with E-state index in [2.05, 4.69) is 20.9 Å². The fourth-order valence-corrected chi connectivity index (χ4v) is 5.20. The van der Waals surface area contributed by atoms with Gasteiger partial charge in [-0.2, -0.15) is 0 Å². The zero-order valence-corrected chi connectivity index (χ0v) is 21.2. The van der Waals surface area contributed by atoms with E-state index in [9.17, 15) is 14.4 Å². The first-order chi connectivity index (χ1) is 17.5. The van der Waals surface area contributed by atoms with E-state index in [4.69, 9.17) is 0 Å². The van der Waals surface area contributed by atoms with E-state index >= 15 is 0 Å². The van der Waals surface area contributed by atoms with Crippen LogP contribution in [0.5, 0.6) is 0 Å². The van der Waals surface area contributed by atoms with Gasteiger partial charge >= 0.3 is 0 Å². The summed E-state index contributed by atoms with van der Waals surface area (Å²) in [6.07, 6.45) is 7.27. The largest absolute Gasteiger partial charge is 0.353 e. The van der Waals surface area contributed by atoms with Gasteiger partial charge in [-0.05, 0) is 50.3 Å². The number of likely N-dealkylation sites (tertiary alicyclic amines) is 1. The number of nitrogens with zero attached hydrogens (tertiary/aromatic N) is 1. The highest BCUT2D eigenvalue weighted by atomic mass is 16.2. The number of hydrogen-bond acceptors (Lipinski definition) is 4. The Morgan fingerprint density at radius 3 is 2.28 bits per heavy atom. The van der Waals surface area contributed by atoms with Gasteiger partial charge in [0, 0.05) is 25.0 Å². The Balaban J connectivity index is 1.25. The van der Waals surface area contributed by atoms with Crippen LogP contribution in [0.15, 0.2) is 54.6 Å². The smallest absolute Gasteiger partial charge is 0.253 e. The molecule has 0 aromatic heterocycles. The molecule has 0 spiro atoms. The lowest BCUT2D eigenvalue weighted by atomic mass is 9.88. The molecule has 2 aromatic rings. The van der Waals surface area contributed by atoms with Crippen LogP contribution < -0.4 is 16.0 Å². The Kier molecular flexibility index (Phi) is 9.11. The molecular formula is C29H38N4O3. The fourth-order valence-electron chi connectivity index (χ4n) is 5.20. The van der Waals surface area contributed by atoms with Crippen LogP contribution in [-0.4, -0.2) is 48.3 Å². The van der Waals surface area contributed by atoms with Crippen molar-refractivity contribution in [3.8, 4) is 0 Å². The molecule has 36 heavy (non-hydrogen) atoms. The van der Waals surface area contributed by atoms with Gasteiger partial charge in [-0.3, -0.25) is 19.3 Å². The van der Waals surface area contributed by atoms with Crippen LogP contribution in [0.2, 0.25) is 0 Å². The summed E-state index contributed by atoms with van der Waals surface area (Å²) >= 11 is 0. The molecule has 1 unspecified atom stereocenters. The van der Waals surface area contributed by atoms with Gasteiger partial charge in [-0.15, -0.1) is 0 Å². The monoisotopic (exact) mass is 490 g/mol. The first-order valence-electron chi connectivity index (χ1n) is 13.3. The molecule has 7 heteroatoms. The van der Waals surface area contributed by atoms with Crippen LogP contribution >= 0.6 is 0 Å². The Bertz CT molecular complexity index is 1030. The summed E-state index contributed by atoms with van der Waals surface area (Å²) in [7, 11) is 0. The summed E-state index contributed by atoms with van der Waals surface area (Å²) in [4.78, 5) is 40.4. The van der Waals surface area contributed by atoms with Gasteiger partial charge < -0.3 is 16.0 Å². The summed E-state index contributed by atoms with van der Waals surface area (Å²) in [6, 6.07) is 16.9. The van der Waals surface area contributed by atoms with Gasteiger partial charge in [0.25, 0.3) is 5.91 Å². The summed E-state index contributed by atoms with van der Waals surface area (Å²) in [6.45, 7) is 3.73. The third-order valence-electron chi connectivity index (χ3n) is 7.37. The number of para-hydroxylation sites is 1. The van der Waals surface area contributed by atoms with E-state index in [0.29, 0.717) is 11.3 Å². The van der Waals surface area contributed by atoms with Gasteiger partial charge in [0.15, 0.2) is 0 Å². The molecule has 192 valence electrons. The van der Waals surface area contributed by atoms with Crippen molar-refractivity contribution in [2.24, 2.45) is 5.92 Å². The van der Waals surface area contributed by atoms with Crippen molar-refractivity contribution in [3.05, 3.63) is 65.7 Å². The number of anilines is 1. The molecular weight excluding hydrogens is 452 g/mol. The molecule has 3 N–H and O–H groups in total. The van der Waals surface area contributed by atoms with Crippen molar-refractivity contribution >= 4 is 23.4 Å². The third-order valence-corrected chi connectivity index (χ3v) is 7.37. The molecule has 1 aliphatic carbocycles. The Morgan fingerprint density at radius 2 is 1.56 bits per heavy atom. The van der Waals surface area contributed by atoms with E-state index < -0.39 is 0 Å². The highest BCUT2D eigenvalue weighted by Crippen LogP contribution is 2.24. The summed E-state index contributed by atoms with van der Waals surface area (Å²) in [5.41, 5.74) is 1.97. The minimum Gasteiger partial charge on any atom is -0.353 e. The number of nitrogens with one attached hydrogen (secondary N) is 3. The zero-order chi connectivity index (χ0) is 25.3. The average Bonchev–Trinajstić information content (AvgIpc) is 2.91. The number of piperidine rings is 1. The second-order valence-corrected chi connectivity index (χ2v) is 10.1. The van der Waals surface area contributed by atoms with Crippen LogP contribution in [0.1, 0.15) is 73.8 Å². The maximum Gasteiger partial charge on any atom is 0.253 e. The van der Waals surface area contributed by atoms with E-state index in [1.54, 1.807) is 18.2 Å². The molecule has 0 bridgehead atoms. The lowest BCUT2D eigenvalue weighted by Gasteiger charge is -2.33. The molecule has 4 rings (SSSR count). The maximum atomic E-state index is 13.0. The number of carbonyl (C=O) groups excluding carboxylic acids is 3. The van der Waals surface area contributed by atoms with Crippen LogP contribution in [-0.2, 0) is 9.59 Å². The number of amides is 3. The molecule has 0 radical (unpaired) electrons. The van der Waals surface area contributed by atoms with Crippen molar-refractivity contribution in [2.45, 2.75) is 64.0 Å². The van der Waals surface area contributed by atoms with Crippen molar-refractivity contribution < 1.29 is 14.4 Å². The minimum atomic E-state index is -0.225. The lowest BCUT2D eigenvalue weighted by molar-refractivity contribution is -0.127. The predicted octanol–water partition coefficient (Wildman–Crippen LogP) is 4.28. The molecule has 7 nitrogen and oxygen atoms in total. The Hall–Kier alpha value is -3.19. The van der Waals surface area contributed by atoms with Gasteiger partial charge in [0.05, 0.1) is 23.8 Å². The molecule has 2 aromatic carbocycles. The second-order valence-electron chi connectivity index (χ2n) is 10.1. The van der Waals surface area contributed by atoms with E-state index in [1.807, 2.05) is 43.3 Å². The minimum absolute atomic E-state index is 0.143. The van der Waals surface area contributed by atoms with Crippen molar-refractivity contribution in [1.29, 1.82) is 0 Å². The number of rotatable bonds is 8. The third kappa shape index (κ3) is 7.17. The highest BCUT2D eigenvalue weighted by molar-refractivity contribution is 6.04. The van der Waals surface area contributed by atoms with Crippen LogP contribution in [0.25, 0.3) is 0 Å². The predicted molar refractivity (Wildman–Crippen MR) is 142 cm³/mol. The molecule has 2 aliphatic rings. The summed E-state index contributed by atoms with van der Waals surface area (Å²) in [5.74, 6) is 0.0192. The molecule has 1 heterocycles. The van der Waals surface area contributed by atoms with Crippen molar-refractivity contribution in [3.63, 3.8) is 0 Å². The molecule has 1 atom stereocenters. The number of benzene rings is 2. The normalized spacial score (nSPS) is 18.2. The zero-order valence-electron chi connectivity index (χ0n) is 21.2. The second kappa shape index (κ2) is 12.7. The van der Waals surface area contributed by atoms with Crippen LogP contribution in [0.3, 0.4) is 0 Å². The Labute approximate surface area is 214 Å². The van der Waals surface area contributed by atoms with Crippen molar-refractivity contribution in [1.82, 2.24) is 15.5 Å². The highest BCUT2D eigenvalue weighted by Gasteiger charge is 2.26. The van der Waals surface area contributed by atoms with Gasteiger partial charge in [-0.1, -0.05) is 61.7 Å². The molecule has 1 saturated carbocycles. The standard InChI is InChI=1S/C29H38N4O3/c1-21(22-10-4-2-5-11-22)30-29(36)25-14-8-9-15-26(25)32-27(34)20-33-18-16-24(17-19-33)31-28(35)23-12-6-3-7-13-23/h2,4-5,8-11,14-15,21,23-24H,3,6-7,12-13,16-20H2,1H3,(H,30,36)(H,31,35)(H,32,34). The molecule has 2 fully saturated rings. The molecule has 1 aliphatic heterocycles.